The summed E-state index contributed by atoms with van der Waals surface area (Å²) in [4.78, 5) is 14.3. The van der Waals surface area contributed by atoms with Crippen molar-refractivity contribution in [3.8, 4) is 0 Å². The molecule has 4 heteroatoms. The van der Waals surface area contributed by atoms with Gasteiger partial charge in [0, 0.05) is 17.6 Å². The zero-order valence-electron chi connectivity index (χ0n) is 12.2. The number of carbonyl (C=O) groups excluding carboxylic acids is 1. The van der Waals surface area contributed by atoms with E-state index in [1.54, 1.807) is 12.1 Å². The van der Waals surface area contributed by atoms with Crippen molar-refractivity contribution in [2.75, 3.05) is 13.1 Å². The van der Waals surface area contributed by atoms with Gasteiger partial charge in [-0.1, -0.05) is 35.2 Å². The summed E-state index contributed by atoms with van der Waals surface area (Å²) < 4.78 is 14.6. The third-order valence-electron chi connectivity index (χ3n) is 5.19. The minimum absolute atomic E-state index is 0.161. The van der Waals surface area contributed by atoms with E-state index in [0.29, 0.717) is 9.89 Å². The summed E-state index contributed by atoms with van der Waals surface area (Å²) in [5.41, 5.74) is 0.658. The second-order valence-electron chi connectivity index (χ2n) is 6.48. The minimum atomic E-state index is -0.438. The largest absolute Gasteiger partial charge is 0.339 e. The molecule has 21 heavy (non-hydrogen) atoms. The van der Waals surface area contributed by atoms with E-state index < -0.39 is 5.82 Å². The van der Waals surface area contributed by atoms with Crippen LogP contribution in [0.1, 0.15) is 55.3 Å². The van der Waals surface area contributed by atoms with Crippen LogP contribution in [0.3, 0.4) is 0 Å². The van der Waals surface area contributed by atoms with Crippen molar-refractivity contribution in [2.45, 2.75) is 44.9 Å². The average Bonchev–Trinajstić information content (AvgIpc) is 2.48. The molecule has 114 valence electrons. The van der Waals surface area contributed by atoms with Gasteiger partial charge < -0.3 is 4.90 Å². The highest BCUT2D eigenvalue weighted by molar-refractivity contribution is 9.10. The quantitative estimate of drug-likeness (QED) is 0.711. The van der Waals surface area contributed by atoms with Crippen molar-refractivity contribution in [1.82, 2.24) is 4.90 Å². The predicted octanol–water partition coefficient (Wildman–Crippen LogP) is 4.77. The lowest BCUT2D eigenvalue weighted by atomic mass is 9.68. The number of hydrogen-bond donors (Lipinski definition) is 0. The van der Waals surface area contributed by atoms with Crippen molar-refractivity contribution >= 4 is 21.8 Å². The Balaban J connectivity index is 1.67. The van der Waals surface area contributed by atoms with E-state index in [1.165, 1.54) is 38.2 Å². The fourth-order valence-corrected chi connectivity index (χ4v) is 4.15. The van der Waals surface area contributed by atoms with E-state index in [0.717, 1.165) is 25.9 Å². The number of likely N-dealkylation sites (tertiary alicyclic amines) is 1. The maximum Gasteiger partial charge on any atom is 0.256 e. The Morgan fingerprint density at radius 3 is 2.38 bits per heavy atom. The molecule has 0 bridgehead atoms. The molecule has 0 unspecified atom stereocenters. The summed E-state index contributed by atoms with van der Waals surface area (Å²) in [7, 11) is 0. The third kappa shape index (κ3) is 3.15. The molecule has 1 heterocycles. The Morgan fingerprint density at radius 1 is 1.10 bits per heavy atom. The number of carbonyl (C=O) groups is 1. The van der Waals surface area contributed by atoms with Crippen LogP contribution in [0.5, 0.6) is 0 Å². The minimum Gasteiger partial charge on any atom is -0.339 e. The maximum absolute atomic E-state index is 13.9. The summed E-state index contributed by atoms with van der Waals surface area (Å²) >= 11 is 3.22. The molecular formula is C17H21BrFNO. The standard InChI is InChI=1S/C17H21BrFNO/c18-13-4-5-14(15(19)12-13)16(21)20-10-8-17(9-11-20)6-2-1-3-7-17/h4-5,12H,1-3,6-11H2. The maximum atomic E-state index is 13.9. The Hall–Kier alpha value is -0.900. The highest BCUT2D eigenvalue weighted by Gasteiger charge is 2.37. The lowest BCUT2D eigenvalue weighted by Gasteiger charge is -2.44. The lowest BCUT2D eigenvalue weighted by Crippen LogP contribution is -2.44. The van der Waals surface area contributed by atoms with E-state index in [1.807, 2.05) is 4.90 Å². The lowest BCUT2D eigenvalue weighted by molar-refractivity contribution is 0.0468. The molecule has 1 aliphatic heterocycles. The predicted molar refractivity (Wildman–Crippen MR) is 84.8 cm³/mol. The molecule has 1 aliphatic carbocycles. The fourth-order valence-electron chi connectivity index (χ4n) is 3.82. The monoisotopic (exact) mass is 353 g/mol. The third-order valence-corrected chi connectivity index (χ3v) is 5.68. The second-order valence-corrected chi connectivity index (χ2v) is 7.39. The molecule has 1 aromatic carbocycles. The van der Waals surface area contributed by atoms with Gasteiger partial charge in [0.05, 0.1) is 5.56 Å². The van der Waals surface area contributed by atoms with E-state index in [2.05, 4.69) is 15.9 Å². The first-order chi connectivity index (χ1) is 10.1. The molecule has 0 atom stereocenters. The zero-order valence-corrected chi connectivity index (χ0v) is 13.8. The Kier molecular flexibility index (Phi) is 4.34. The number of benzene rings is 1. The molecule has 1 amide bonds. The van der Waals surface area contributed by atoms with Crippen molar-refractivity contribution < 1.29 is 9.18 Å². The van der Waals surface area contributed by atoms with Crippen LogP contribution >= 0.6 is 15.9 Å². The van der Waals surface area contributed by atoms with E-state index >= 15 is 0 Å². The molecule has 2 nitrogen and oxygen atoms in total. The molecule has 0 aromatic heterocycles. The molecule has 1 spiro atoms. The fraction of sp³-hybridized carbons (Fsp3) is 0.588. The first-order valence-corrected chi connectivity index (χ1v) is 8.63. The molecule has 0 N–H and O–H groups in total. The normalized spacial score (nSPS) is 21.5. The van der Waals surface area contributed by atoms with Crippen LogP contribution in [0.2, 0.25) is 0 Å². The molecule has 0 radical (unpaired) electrons. The Labute approximate surface area is 133 Å². The molecular weight excluding hydrogens is 333 g/mol. The van der Waals surface area contributed by atoms with E-state index in [-0.39, 0.29) is 11.5 Å². The first-order valence-electron chi connectivity index (χ1n) is 7.84. The van der Waals surface area contributed by atoms with Crippen molar-refractivity contribution in [1.29, 1.82) is 0 Å². The summed E-state index contributed by atoms with van der Waals surface area (Å²) in [6, 6.07) is 4.66. The van der Waals surface area contributed by atoms with Gasteiger partial charge in [0.2, 0.25) is 0 Å². The molecule has 2 fully saturated rings. The number of piperidine rings is 1. The molecule has 1 saturated heterocycles. The highest BCUT2D eigenvalue weighted by atomic mass is 79.9. The van der Waals surface area contributed by atoms with Gasteiger partial charge in [-0.15, -0.1) is 0 Å². The van der Waals surface area contributed by atoms with Gasteiger partial charge in [0.25, 0.3) is 5.91 Å². The Morgan fingerprint density at radius 2 is 1.76 bits per heavy atom. The average molecular weight is 354 g/mol. The highest BCUT2D eigenvalue weighted by Crippen LogP contribution is 2.44. The molecule has 2 aliphatic rings. The van der Waals surface area contributed by atoms with Crippen molar-refractivity contribution in [3.05, 3.63) is 34.1 Å². The van der Waals surface area contributed by atoms with Gasteiger partial charge in [-0.05, 0) is 49.3 Å². The van der Waals surface area contributed by atoms with Gasteiger partial charge in [0.1, 0.15) is 5.82 Å². The van der Waals surface area contributed by atoms with Crippen LogP contribution in [-0.2, 0) is 0 Å². The van der Waals surface area contributed by atoms with Crippen molar-refractivity contribution in [2.24, 2.45) is 5.41 Å². The van der Waals surface area contributed by atoms with Gasteiger partial charge in [-0.2, -0.15) is 0 Å². The van der Waals surface area contributed by atoms with Crippen LogP contribution in [0.4, 0.5) is 4.39 Å². The van der Waals surface area contributed by atoms with Gasteiger partial charge in [-0.3, -0.25) is 4.79 Å². The SMILES string of the molecule is O=C(c1ccc(Br)cc1F)N1CCC2(CCCCC2)CC1. The van der Waals surface area contributed by atoms with E-state index in [4.69, 9.17) is 0 Å². The topological polar surface area (TPSA) is 20.3 Å². The number of halogens is 2. The van der Waals surface area contributed by atoms with Crippen LogP contribution in [0.15, 0.2) is 22.7 Å². The number of rotatable bonds is 1. The van der Waals surface area contributed by atoms with Gasteiger partial charge in [-0.25, -0.2) is 4.39 Å². The number of nitrogens with zero attached hydrogens (tertiary/aromatic N) is 1. The smallest absolute Gasteiger partial charge is 0.256 e. The van der Waals surface area contributed by atoms with Crippen LogP contribution in [-0.4, -0.2) is 23.9 Å². The van der Waals surface area contributed by atoms with Crippen LogP contribution < -0.4 is 0 Å². The summed E-state index contributed by atoms with van der Waals surface area (Å²) in [6.07, 6.45) is 8.79. The molecule has 1 aromatic rings. The number of amides is 1. The summed E-state index contributed by atoms with van der Waals surface area (Å²) in [5, 5.41) is 0. The van der Waals surface area contributed by atoms with Gasteiger partial charge in [0.15, 0.2) is 0 Å². The number of hydrogen-bond acceptors (Lipinski definition) is 1. The van der Waals surface area contributed by atoms with Crippen LogP contribution in [0, 0.1) is 11.2 Å². The first kappa shape index (κ1) is 15.0. The van der Waals surface area contributed by atoms with Crippen molar-refractivity contribution in [3.63, 3.8) is 0 Å². The molecule has 3 rings (SSSR count). The molecule has 1 saturated carbocycles. The zero-order chi connectivity index (χ0) is 14.9. The van der Waals surface area contributed by atoms with Gasteiger partial charge >= 0.3 is 0 Å². The second kappa shape index (κ2) is 6.07. The summed E-state index contributed by atoms with van der Waals surface area (Å²) in [5.74, 6) is -0.599. The van der Waals surface area contributed by atoms with E-state index in [9.17, 15) is 9.18 Å². The van der Waals surface area contributed by atoms with Crippen LogP contribution in [0.25, 0.3) is 0 Å². The Bertz CT molecular complexity index is 530. The summed E-state index contributed by atoms with van der Waals surface area (Å²) in [6.45, 7) is 1.54.